The van der Waals surface area contributed by atoms with Gasteiger partial charge in [0.05, 0.1) is 47.6 Å². The number of nitrogens with zero attached hydrogens (tertiary/aromatic N) is 2. The Balaban J connectivity index is 2.15. The lowest BCUT2D eigenvalue weighted by atomic mass is 9.77. The van der Waals surface area contributed by atoms with Crippen LogP contribution in [0.4, 0.5) is 0 Å². The highest BCUT2D eigenvalue weighted by atomic mass is 16.7. The van der Waals surface area contributed by atoms with Crippen molar-refractivity contribution in [3.8, 4) is 0 Å². The second kappa shape index (κ2) is 18.1. The van der Waals surface area contributed by atoms with Crippen LogP contribution in [0, 0.1) is 23.7 Å². The molecule has 0 saturated carbocycles. The molecule has 1 unspecified atom stereocenters. The fourth-order valence-corrected chi connectivity index (χ4v) is 8.69. The Morgan fingerprint density at radius 3 is 2.14 bits per heavy atom. The smallest absolute Gasteiger partial charge is 0.311 e. The van der Waals surface area contributed by atoms with E-state index in [4.69, 9.17) is 28.4 Å². The van der Waals surface area contributed by atoms with Crippen molar-refractivity contribution in [2.45, 2.75) is 180 Å². The van der Waals surface area contributed by atoms with Gasteiger partial charge in [-0.3, -0.25) is 4.79 Å². The third kappa shape index (κ3) is 10.4. The minimum atomic E-state index is -1.50. The van der Waals surface area contributed by atoms with Gasteiger partial charge in [-0.05, 0) is 87.9 Å². The van der Waals surface area contributed by atoms with Gasteiger partial charge in [-0.15, -0.1) is 0 Å². The molecule has 13 heteroatoms. The highest BCUT2D eigenvalue weighted by Gasteiger charge is 2.51. The van der Waals surface area contributed by atoms with Gasteiger partial charge >= 0.3 is 5.97 Å². The third-order valence-electron chi connectivity index (χ3n) is 12.2. The summed E-state index contributed by atoms with van der Waals surface area (Å²) in [6.45, 7) is 19.2. The van der Waals surface area contributed by atoms with Crippen LogP contribution < -0.4 is 0 Å². The summed E-state index contributed by atoms with van der Waals surface area (Å²) < 4.78 is 37.8. The maximum Gasteiger partial charge on any atom is 0.311 e. The summed E-state index contributed by atoms with van der Waals surface area (Å²) in [6, 6.07) is -0.498. The first-order valence-electron chi connectivity index (χ1n) is 19.1. The number of rotatable bonds is 7. The molecule has 3 fully saturated rings. The number of likely N-dealkylation sites (N-methyl/N-ethyl adjacent to an activating group) is 2. The molecule has 3 rings (SSSR count). The molecule has 3 aliphatic rings. The summed E-state index contributed by atoms with van der Waals surface area (Å²) >= 11 is 0. The molecule has 0 radical (unpaired) electrons. The SMILES string of the molecule is CCC1OC(=O)[C@H](C)[C@@H](O[C@H]2C[C@@](C)(OC)[C@@H](O)[C@H](C)O2)[C@H](C)[C@@H](O[C@@H]2O[C@H](C)C[C@H](N(C)C)[C@H]2O)[C@](C)(O)C[C@@H](C)CN(C)[C@H](C)[C@@H](O)[C@H]1C. The van der Waals surface area contributed by atoms with Gasteiger partial charge in [0.15, 0.2) is 12.6 Å². The van der Waals surface area contributed by atoms with E-state index in [2.05, 4.69) is 11.8 Å². The highest BCUT2D eigenvalue weighted by Crippen LogP contribution is 2.40. The van der Waals surface area contributed by atoms with Crippen LogP contribution >= 0.6 is 0 Å². The van der Waals surface area contributed by atoms with Crippen LogP contribution in [0.1, 0.15) is 94.9 Å². The van der Waals surface area contributed by atoms with Crippen LogP contribution in [0.15, 0.2) is 0 Å². The molecule has 51 heavy (non-hydrogen) atoms. The second-order valence-electron chi connectivity index (χ2n) is 16.9. The van der Waals surface area contributed by atoms with Crippen LogP contribution in [-0.4, -0.2) is 156 Å². The van der Waals surface area contributed by atoms with E-state index in [1.165, 1.54) is 7.11 Å². The largest absolute Gasteiger partial charge is 0.462 e. The molecule has 0 bridgehead atoms. The molecule has 3 aliphatic heterocycles. The zero-order valence-corrected chi connectivity index (χ0v) is 33.8. The summed E-state index contributed by atoms with van der Waals surface area (Å²) in [5, 5.41) is 46.4. The lowest BCUT2D eigenvalue weighted by Gasteiger charge is -2.48. The van der Waals surface area contributed by atoms with E-state index in [9.17, 15) is 25.2 Å². The molecule has 18 atom stereocenters. The van der Waals surface area contributed by atoms with Gasteiger partial charge in [0, 0.05) is 44.0 Å². The van der Waals surface area contributed by atoms with Gasteiger partial charge in [-0.2, -0.15) is 0 Å². The van der Waals surface area contributed by atoms with E-state index in [0.29, 0.717) is 25.8 Å². The van der Waals surface area contributed by atoms with Gasteiger partial charge in [0.2, 0.25) is 0 Å². The Morgan fingerprint density at radius 1 is 0.941 bits per heavy atom. The number of methoxy groups -OCH3 is 1. The number of carbonyl (C=O) groups is 1. The minimum Gasteiger partial charge on any atom is -0.462 e. The number of aliphatic hydroxyl groups is 4. The first kappa shape index (κ1) is 44.4. The standard InChI is InChI=1S/C38H72N2O11/c1-15-28-22(4)30(41)25(7)40(13)19-20(2)17-37(9,45)34(51-36-31(42)27(39(11)12)16-21(3)47-36)23(5)32(24(6)35(44)49-28)50-29-18-38(10,46-14)33(43)26(8)48-29/h20-34,36,41-43,45H,15-19H2,1-14H3/t20-,21-,22+,23+,24-,25-,26+,27+,28?,29+,30+,31-,32+,33+,34-,36+,37-,38-/m1/s1. The third-order valence-corrected chi connectivity index (χ3v) is 12.2. The van der Waals surface area contributed by atoms with E-state index < -0.39 is 84.3 Å². The lowest BCUT2D eigenvalue weighted by Crippen LogP contribution is -2.60. The fourth-order valence-electron chi connectivity index (χ4n) is 8.69. The molecular formula is C38H72N2O11. The summed E-state index contributed by atoms with van der Waals surface area (Å²) in [7, 11) is 7.28. The van der Waals surface area contributed by atoms with Gasteiger partial charge in [-0.1, -0.05) is 27.7 Å². The number of cyclic esters (lactones) is 1. The second-order valence-corrected chi connectivity index (χ2v) is 16.9. The van der Waals surface area contributed by atoms with E-state index in [0.717, 1.165) is 0 Å². The van der Waals surface area contributed by atoms with Crippen molar-refractivity contribution in [1.82, 2.24) is 9.80 Å². The maximum atomic E-state index is 14.2. The van der Waals surface area contributed by atoms with E-state index in [1.807, 2.05) is 60.7 Å². The van der Waals surface area contributed by atoms with Gasteiger partial charge < -0.3 is 58.6 Å². The topological polar surface area (TPSA) is 160 Å². The van der Waals surface area contributed by atoms with Gasteiger partial charge in [0.1, 0.15) is 18.3 Å². The summed E-state index contributed by atoms with van der Waals surface area (Å²) in [4.78, 5) is 18.2. The summed E-state index contributed by atoms with van der Waals surface area (Å²) in [5.74, 6) is -2.48. The molecule has 0 aromatic carbocycles. The van der Waals surface area contributed by atoms with E-state index in [1.54, 1.807) is 27.7 Å². The van der Waals surface area contributed by atoms with Crippen molar-refractivity contribution in [2.24, 2.45) is 23.7 Å². The molecule has 3 saturated heterocycles. The normalized spacial score (nSPS) is 48.9. The van der Waals surface area contributed by atoms with Gasteiger partial charge in [-0.25, -0.2) is 0 Å². The molecule has 0 aromatic heterocycles. The van der Waals surface area contributed by atoms with Crippen molar-refractivity contribution >= 4 is 5.97 Å². The van der Waals surface area contributed by atoms with E-state index >= 15 is 0 Å². The number of aliphatic hydroxyl groups excluding tert-OH is 3. The average molecular weight is 733 g/mol. The summed E-state index contributed by atoms with van der Waals surface area (Å²) in [5.41, 5.74) is -2.48. The monoisotopic (exact) mass is 733 g/mol. The molecular weight excluding hydrogens is 660 g/mol. The molecule has 0 amide bonds. The first-order chi connectivity index (χ1) is 23.6. The quantitative estimate of drug-likeness (QED) is 0.284. The average Bonchev–Trinajstić information content (AvgIpc) is 3.05. The number of esters is 1. The number of carbonyl (C=O) groups excluding carboxylic acids is 1. The molecule has 4 N–H and O–H groups in total. The minimum absolute atomic E-state index is 0.0490. The molecule has 0 aromatic rings. The Bertz CT molecular complexity index is 1100. The number of hydrogen-bond acceptors (Lipinski definition) is 13. The van der Waals surface area contributed by atoms with Crippen molar-refractivity contribution in [2.75, 3.05) is 34.8 Å². The van der Waals surface area contributed by atoms with E-state index in [-0.39, 0.29) is 36.4 Å². The summed E-state index contributed by atoms with van der Waals surface area (Å²) in [6.07, 6.45) is -6.42. The van der Waals surface area contributed by atoms with Crippen molar-refractivity contribution in [3.63, 3.8) is 0 Å². The zero-order chi connectivity index (χ0) is 38.7. The first-order valence-corrected chi connectivity index (χ1v) is 19.1. The van der Waals surface area contributed by atoms with Crippen LogP contribution in [0.25, 0.3) is 0 Å². The highest BCUT2D eigenvalue weighted by molar-refractivity contribution is 5.73. The molecule has 3 heterocycles. The molecule has 300 valence electrons. The van der Waals surface area contributed by atoms with Crippen LogP contribution in [0.5, 0.6) is 0 Å². The molecule has 0 spiro atoms. The Labute approximate surface area is 307 Å². The zero-order valence-electron chi connectivity index (χ0n) is 33.8. The fraction of sp³-hybridized carbons (Fsp3) is 0.974. The lowest BCUT2D eigenvalue weighted by molar-refractivity contribution is -0.317. The van der Waals surface area contributed by atoms with Crippen molar-refractivity contribution in [3.05, 3.63) is 0 Å². The van der Waals surface area contributed by atoms with Crippen molar-refractivity contribution < 1.29 is 53.6 Å². The molecule has 0 aliphatic carbocycles. The van der Waals surface area contributed by atoms with Crippen LogP contribution in [0.2, 0.25) is 0 Å². The number of ether oxygens (including phenoxy) is 6. The predicted molar refractivity (Wildman–Crippen MR) is 193 cm³/mol. The van der Waals surface area contributed by atoms with Gasteiger partial charge in [0.25, 0.3) is 0 Å². The predicted octanol–water partition coefficient (Wildman–Crippen LogP) is 2.79. The van der Waals surface area contributed by atoms with Crippen LogP contribution in [0.3, 0.4) is 0 Å². The number of hydrogen-bond donors (Lipinski definition) is 4. The Kier molecular flexibility index (Phi) is 15.8. The maximum absolute atomic E-state index is 14.2. The van der Waals surface area contributed by atoms with Crippen molar-refractivity contribution in [1.29, 1.82) is 0 Å². The van der Waals surface area contributed by atoms with Crippen LogP contribution in [-0.2, 0) is 33.2 Å². The Hall–Kier alpha value is -0.970. The Morgan fingerprint density at radius 2 is 1.57 bits per heavy atom. The molecule has 13 nitrogen and oxygen atoms in total.